The van der Waals surface area contributed by atoms with Crippen LogP contribution < -0.4 is 10.6 Å². The van der Waals surface area contributed by atoms with E-state index in [1.54, 1.807) is 7.05 Å². The van der Waals surface area contributed by atoms with E-state index in [-0.39, 0.29) is 0 Å². The molecule has 1 aromatic rings. The first-order chi connectivity index (χ1) is 12.2. The van der Waals surface area contributed by atoms with Crippen molar-refractivity contribution in [2.75, 3.05) is 46.6 Å². The molecule has 0 radical (unpaired) electrons. The average Bonchev–Trinajstić information content (AvgIpc) is 3.22. The Morgan fingerprint density at radius 1 is 1.36 bits per heavy atom. The van der Waals surface area contributed by atoms with E-state index < -0.39 is 0 Å². The van der Waals surface area contributed by atoms with Crippen molar-refractivity contribution in [3.05, 3.63) is 17.5 Å². The molecule has 25 heavy (non-hydrogen) atoms. The molecule has 0 spiro atoms. The van der Waals surface area contributed by atoms with E-state index in [0.29, 0.717) is 5.92 Å². The summed E-state index contributed by atoms with van der Waals surface area (Å²) in [6, 6.07) is 2.11. The van der Waals surface area contributed by atoms with E-state index in [0.717, 1.165) is 77.0 Å². The van der Waals surface area contributed by atoms with E-state index >= 15 is 0 Å². The third-order valence-corrected chi connectivity index (χ3v) is 4.30. The molecule has 1 unspecified atom stereocenters. The van der Waals surface area contributed by atoms with Gasteiger partial charge in [-0.25, -0.2) is 0 Å². The maximum atomic E-state index is 5.70. The second kappa shape index (κ2) is 11.1. The Morgan fingerprint density at radius 2 is 2.16 bits per heavy atom. The summed E-state index contributed by atoms with van der Waals surface area (Å²) in [6.07, 6.45) is 3.11. The van der Waals surface area contributed by atoms with Crippen LogP contribution in [0.25, 0.3) is 0 Å². The second-order valence-corrected chi connectivity index (χ2v) is 6.59. The Morgan fingerprint density at radius 3 is 2.80 bits per heavy atom. The van der Waals surface area contributed by atoms with Crippen molar-refractivity contribution in [3.63, 3.8) is 0 Å². The minimum absolute atomic E-state index is 0.588. The van der Waals surface area contributed by atoms with Crippen LogP contribution in [-0.2, 0) is 16.0 Å². The molecular formula is C18H33N5O2. The molecule has 2 N–H and O–H groups in total. The normalized spacial score (nSPS) is 17.9. The van der Waals surface area contributed by atoms with Gasteiger partial charge in [-0.3, -0.25) is 9.67 Å². The molecule has 1 atom stereocenters. The van der Waals surface area contributed by atoms with E-state index in [1.807, 2.05) is 6.92 Å². The molecule has 0 bridgehead atoms. The van der Waals surface area contributed by atoms with Crippen molar-refractivity contribution in [1.82, 2.24) is 20.4 Å². The molecule has 1 aromatic heterocycles. The first-order valence-corrected chi connectivity index (χ1v) is 9.30. The van der Waals surface area contributed by atoms with Gasteiger partial charge in [-0.2, -0.15) is 5.10 Å². The summed E-state index contributed by atoms with van der Waals surface area (Å²) in [5.74, 6) is 1.43. The molecule has 1 aliphatic rings. The number of hydrogen-bond acceptors (Lipinski definition) is 4. The number of nitrogens with one attached hydrogen (secondary N) is 2. The maximum Gasteiger partial charge on any atom is 0.190 e. The highest BCUT2D eigenvalue weighted by Gasteiger charge is 2.15. The van der Waals surface area contributed by atoms with Gasteiger partial charge in [0.2, 0.25) is 0 Å². The van der Waals surface area contributed by atoms with Gasteiger partial charge in [0.1, 0.15) is 0 Å². The Hall–Kier alpha value is -1.60. The molecule has 1 aliphatic heterocycles. The van der Waals surface area contributed by atoms with Crippen LogP contribution in [0.1, 0.15) is 30.7 Å². The number of aromatic nitrogens is 2. The Balaban J connectivity index is 1.48. The van der Waals surface area contributed by atoms with Gasteiger partial charge in [0.15, 0.2) is 5.96 Å². The second-order valence-electron chi connectivity index (χ2n) is 6.59. The fourth-order valence-electron chi connectivity index (χ4n) is 2.90. The zero-order valence-electron chi connectivity index (χ0n) is 15.9. The highest BCUT2D eigenvalue weighted by Crippen LogP contribution is 2.12. The predicted octanol–water partition coefficient (Wildman–Crippen LogP) is 1.50. The van der Waals surface area contributed by atoms with Crippen LogP contribution in [0.2, 0.25) is 0 Å². The topological polar surface area (TPSA) is 72.7 Å². The standard InChI is InChI=1S/C18H33N5O2/c1-15-12-16(2)23(22-15)9-4-7-20-18(19-3)21-8-5-10-24-13-17-6-11-25-14-17/h12,17H,4-11,13-14H2,1-3H3,(H2,19,20,21). The van der Waals surface area contributed by atoms with Crippen molar-refractivity contribution in [2.45, 2.75) is 39.7 Å². The highest BCUT2D eigenvalue weighted by molar-refractivity contribution is 5.79. The minimum atomic E-state index is 0.588. The van der Waals surface area contributed by atoms with Crippen LogP contribution in [0.15, 0.2) is 11.1 Å². The summed E-state index contributed by atoms with van der Waals surface area (Å²) in [6.45, 7) is 10.1. The number of rotatable bonds is 10. The molecule has 0 saturated carbocycles. The molecule has 7 heteroatoms. The number of ether oxygens (including phenoxy) is 2. The zero-order valence-corrected chi connectivity index (χ0v) is 15.9. The molecule has 0 aromatic carbocycles. The Bertz CT molecular complexity index is 524. The van der Waals surface area contributed by atoms with Gasteiger partial charge in [0.05, 0.1) is 18.9 Å². The first-order valence-electron chi connectivity index (χ1n) is 9.30. The number of hydrogen-bond donors (Lipinski definition) is 2. The summed E-state index contributed by atoms with van der Waals surface area (Å²) < 4.78 is 13.1. The van der Waals surface area contributed by atoms with Gasteiger partial charge < -0.3 is 20.1 Å². The monoisotopic (exact) mass is 351 g/mol. The summed E-state index contributed by atoms with van der Waals surface area (Å²) >= 11 is 0. The van der Waals surface area contributed by atoms with Crippen molar-refractivity contribution in [3.8, 4) is 0 Å². The molecule has 0 aliphatic carbocycles. The lowest BCUT2D eigenvalue weighted by Gasteiger charge is -2.13. The van der Waals surface area contributed by atoms with E-state index in [9.17, 15) is 0 Å². The summed E-state index contributed by atoms with van der Waals surface area (Å²) in [5, 5.41) is 11.1. The lowest BCUT2D eigenvalue weighted by Crippen LogP contribution is -2.38. The van der Waals surface area contributed by atoms with Crippen LogP contribution in [0.3, 0.4) is 0 Å². The van der Waals surface area contributed by atoms with Crippen molar-refractivity contribution in [1.29, 1.82) is 0 Å². The Labute approximate surface area is 151 Å². The smallest absolute Gasteiger partial charge is 0.190 e. The minimum Gasteiger partial charge on any atom is -0.381 e. The average molecular weight is 351 g/mol. The van der Waals surface area contributed by atoms with Crippen LogP contribution in [-0.4, -0.2) is 62.3 Å². The van der Waals surface area contributed by atoms with Crippen molar-refractivity contribution < 1.29 is 9.47 Å². The van der Waals surface area contributed by atoms with Crippen molar-refractivity contribution >= 4 is 5.96 Å². The zero-order chi connectivity index (χ0) is 17.9. The van der Waals surface area contributed by atoms with Gasteiger partial charge >= 0.3 is 0 Å². The van der Waals surface area contributed by atoms with Crippen LogP contribution in [0.4, 0.5) is 0 Å². The van der Waals surface area contributed by atoms with Crippen LogP contribution in [0, 0.1) is 19.8 Å². The maximum absolute atomic E-state index is 5.70. The SMILES string of the molecule is CN=C(NCCCOCC1CCOC1)NCCCn1nc(C)cc1C. The third-order valence-electron chi connectivity index (χ3n) is 4.30. The molecule has 0 amide bonds. The van der Waals surface area contributed by atoms with Gasteiger partial charge in [-0.05, 0) is 39.2 Å². The molecule has 2 rings (SSSR count). The molecule has 7 nitrogen and oxygen atoms in total. The predicted molar refractivity (Wildman–Crippen MR) is 100 cm³/mol. The first kappa shape index (κ1) is 19.7. The van der Waals surface area contributed by atoms with Gasteiger partial charge in [0.25, 0.3) is 0 Å². The molecule has 142 valence electrons. The third kappa shape index (κ3) is 7.44. The fraction of sp³-hybridized carbons (Fsp3) is 0.778. The fourth-order valence-corrected chi connectivity index (χ4v) is 2.90. The number of nitrogens with zero attached hydrogens (tertiary/aromatic N) is 3. The number of aliphatic imine (C=N–C) groups is 1. The lowest BCUT2D eigenvalue weighted by atomic mass is 10.1. The number of aryl methyl sites for hydroxylation is 3. The van der Waals surface area contributed by atoms with Gasteiger partial charge in [0, 0.05) is 51.5 Å². The van der Waals surface area contributed by atoms with Gasteiger partial charge in [-0.1, -0.05) is 0 Å². The van der Waals surface area contributed by atoms with E-state index in [4.69, 9.17) is 9.47 Å². The highest BCUT2D eigenvalue weighted by atomic mass is 16.5. The largest absolute Gasteiger partial charge is 0.381 e. The van der Waals surface area contributed by atoms with Gasteiger partial charge in [-0.15, -0.1) is 0 Å². The summed E-state index contributed by atoms with van der Waals surface area (Å²) in [5.41, 5.74) is 2.29. The lowest BCUT2D eigenvalue weighted by molar-refractivity contribution is 0.0888. The number of guanidine groups is 1. The van der Waals surface area contributed by atoms with E-state index in [2.05, 4.69) is 38.4 Å². The van der Waals surface area contributed by atoms with Crippen molar-refractivity contribution in [2.24, 2.45) is 10.9 Å². The molecule has 1 saturated heterocycles. The van der Waals surface area contributed by atoms with Crippen LogP contribution in [0.5, 0.6) is 0 Å². The molecule has 2 heterocycles. The van der Waals surface area contributed by atoms with E-state index in [1.165, 1.54) is 5.69 Å². The molecule has 1 fully saturated rings. The summed E-state index contributed by atoms with van der Waals surface area (Å²) in [4.78, 5) is 4.25. The molecular weight excluding hydrogens is 318 g/mol. The van der Waals surface area contributed by atoms with Crippen LogP contribution >= 0.6 is 0 Å². The Kier molecular flexibility index (Phi) is 8.76. The quantitative estimate of drug-likeness (QED) is 0.380. The summed E-state index contributed by atoms with van der Waals surface area (Å²) in [7, 11) is 1.80.